The van der Waals surface area contributed by atoms with Crippen LogP contribution in [0.4, 0.5) is 5.13 Å². The van der Waals surface area contributed by atoms with E-state index in [4.69, 9.17) is 5.11 Å². The highest BCUT2D eigenvalue weighted by Gasteiger charge is 2.13. The van der Waals surface area contributed by atoms with E-state index in [0.717, 1.165) is 30.0 Å². The number of carbonyl (C=O) groups excluding carboxylic acids is 1. The lowest BCUT2D eigenvalue weighted by atomic mass is 10.1. The van der Waals surface area contributed by atoms with E-state index < -0.39 is 11.9 Å². The Hall–Kier alpha value is -1.76. The minimum atomic E-state index is -1.17. The molecule has 1 aromatic rings. The smallest absolute Gasteiger partial charge is 0.328 e. The maximum Gasteiger partial charge on any atom is 0.328 e. The summed E-state index contributed by atoms with van der Waals surface area (Å²) < 4.78 is 0. The third-order valence-corrected chi connectivity index (χ3v) is 3.38. The molecule has 0 unspecified atom stereocenters. The van der Waals surface area contributed by atoms with Crippen LogP contribution in [0, 0.1) is 0 Å². The first kappa shape index (κ1) is 14.3. The Morgan fingerprint density at radius 2 is 2.00 bits per heavy atom. The molecule has 1 heterocycles. The zero-order valence-electron chi connectivity index (χ0n) is 10.2. The van der Waals surface area contributed by atoms with Crippen LogP contribution in [-0.2, 0) is 9.59 Å². The van der Waals surface area contributed by atoms with Crippen molar-refractivity contribution in [3.63, 3.8) is 0 Å². The maximum atomic E-state index is 11.3. The van der Waals surface area contributed by atoms with E-state index in [1.807, 2.05) is 0 Å². The quantitative estimate of drug-likeness (QED) is 0.771. The number of rotatable bonds is 6. The third kappa shape index (κ3) is 4.25. The number of nitrogens with zero attached hydrogens (tertiary/aromatic N) is 2. The van der Waals surface area contributed by atoms with E-state index in [0.29, 0.717) is 11.0 Å². The summed E-state index contributed by atoms with van der Waals surface area (Å²) >= 11 is 1.32. The largest absolute Gasteiger partial charge is 0.478 e. The van der Waals surface area contributed by atoms with Gasteiger partial charge in [0.05, 0.1) is 0 Å². The molecule has 1 amide bonds. The molecule has 0 aliphatic carbocycles. The second-order valence-corrected chi connectivity index (χ2v) is 4.63. The van der Waals surface area contributed by atoms with Gasteiger partial charge in [-0.1, -0.05) is 25.2 Å². The Morgan fingerprint density at radius 1 is 1.33 bits per heavy atom. The Bertz CT molecular complexity index is 452. The van der Waals surface area contributed by atoms with Gasteiger partial charge in [-0.25, -0.2) is 4.79 Å². The highest BCUT2D eigenvalue weighted by Crippen LogP contribution is 2.27. The molecule has 0 radical (unpaired) electrons. The van der Waals surface area contributed by atoms with Crippen molar-refractivity contribution in [3.8, 4) is 0 Å². The number of carboxylic acids is 1. The second-order valence-electron chi connectivity index (χ2n) is 3.62. The average Bonchev–Trinajstić information content (AvgIpc) is 2.76. The van der Waals surface area contributed by atoms with Crippen molar-refractivity contribution in [1.82, 2.24) is 10.2 Å². The molecule has 0 saturated heterocycles. The first-order valence-corrected chi connectivity index (χ1v) is 6.43. The molecule has 6 nitrogen and oxygen atoms in total. The zero-order chi connectivity index (χ0) is 13.5. The highest BCUT2D eigenvalue weighted by atomic mass is 32.1. The molecule has 0 saturated carbocycles. The molecule has 0 spiro atoms. The van der Waals surface area contributed by atoms with Gasteiger partial charge in [0.15, 0.2) is 0 Å². The topological polar surface area (TPSA) is 92.2 Å². The van der Waals surface area contributed by atoms with E-state index in [1.54, 1.807) is 0 Å². The van der Waals surface area contributed by atoms with Crippen LogP contribution < -0.4 is 5.32 Å². The van der Waals surface area contributed by atoms with Gasteiger partial charge in [-0.05, 0) is 12.8 Å². The van der Waals surface area contributed by atoms with E-state index in [1.165, 1.54) is 11.3 Å². The molecule has 18 heavy (non-hydrogen) atoms. The van der Waals surface area contributed by atoms with Crippen LogP contribution in [0.2, 0.25) is 0 Å². The number of aliphatic carboxylic acids is 1. The van der Waals surface area contributed by atoms with Gasteiger partial charge in [-0.15, -0.1) is 10.2 Å². The Morgan fingerprint density at radius 3 is 2.56 bits per heavy atom. The number of carboxylic acid groups (broad SMARTS) is 1. The normalized spacial score (nSPS) is 11.1. The second kappa shape index (κ2) is 6.85. The molecule has 1 rings (SSSR count). The molecule has 1 aromatic heterocycles. The van der Waals surface area contributed by atoms with Crippen LogP contribution in [0.1, 0.15) is 37.6 Å². The summed E-state index contributed by atoms with van der Waals surface area (Å²) in [5.41, 5.74) is 0. The Balaban J connectivity index is 2.64. The van der Waals surface area contributed by atoms with Gasteiger partial charge in [0.2, 0.25) is 11.0 Å². The van der Waals surface area contributed by atoms with Crippen molar-refractivity contribution < 1.29 is 14.7 Å². The summed E-state index contributed by atoms with van der Waals surface area (Å²) in [4.78, 5) is 21.5. The molecule has 0 aromatic carbocycles. The maximum absolute atomic E-state index is 11.3. The first-order chi connectivity index (χ1) is 8.56. The van der Waals surface area contributed by atoms with Crippen LogP contribution in [0.5, 0.6) is 0 Å². The van der Waals surface area contributed by atoms with Gasteiger partial charge in [0, 0.05) is 18.1 Å². The zero-order valence-corrected chi connectivity index (χ0v) is 11.0. The molecular formula is C11H15N3O3S. The van der Waals surface area contributed by atoms with Crippen LogP contribution in [-0.4, -0.2) is 27.2 Å². The number of carbonyl (C=O) groups is 2. The van der Waals surface area contributed by atoms with E-state index in [9.17, 15) is 9.59 Å². The lowest BCUT2D eigenvalue weighted by molar-refractivity contribution is -0.131. The highest BCUT2D eigenvalue weighted by molar-refractivity contribution is 7.15. The van der Waals surface area contributed by atoms with E-state index in [2.05, 4.69) is 29.4 Å². The van der Waals surface area contributed by atoms with Crippen molar-refractivity contribution in [2.45, 2.75) is 32.6 Å². The SMILES string of the molecule is CCC(CC)c1nnc(NC(=O)/C=C/C(=O)O)s1. The monoisotopic (exact) mass is 269 g/mol. The van der Waals surface area contributed by atoms with Crippen molar-refractivity contribution >= 4 is 28.3 Å². The lowest BCUT2D eigenvalue weighted by Gasteiger charge is -2.05. The predicted octanol–water partition coefficient (Wildman–Crippen LogP) is 2.02. The number of hydrogen-bond acceptors (Lipinski definition) is 5. The fourth-order valence-corrected chi connectivity index (χ4v) is 2.40. The predicted molar refractivity (Wildman–Crippen MR) is 68.6 cm³/mol. The molecule has 2 N–H and O–H groups in total. The van der Waals surface area contributed by atoms with E-state index in [-0.39, 0.29) is 0 Å². The summed E-state index contributed by atoms with van der Waals surface area (Å²) in [6.07, 6.45) is 3.66. The fourth-order valence-electron chi connectivity index (χ4n) is 1.38. The summed E-state index contributed by atoms with van der Waals surface area (Å²) in [6, 6.07) is 0. The Kier molecular flexibility index (Phi) is 5.44. The van der Waals surface area contributed by atoms with Gasteiger partial charge in [0.1, 0.15) is 5.01 Å². The first-order valence-electron chi connectivity index (χ1n) is 5.62. The van der Waals surface area contributed by atoms with Crippen LogP contribution in [0.15, 0.2) is 12.2 Å². The van der Waals surface area contributed by atoms with Crippen LogP contribution >= 0.6 is 11.3 Å². The van der Waals surface area contributed by atoms with Gasteiger partial charge >= 0.3 is 5.97 Å². The van der Waals surface area contributed by atoms with Crippen molar-refractivity contribution in [3.05, 3.63) is 17.2 Å². The number of amides is 1. The van der Waals surface area contributed by atoms with Gasteiger partial charge in [-0.3, -0.25) is 10.1 Å². The lowest BCUT2D eigenvalue weighted by Crippen LogP contribution is -2.08. The van der Waals surface area contributed by atoms with Gasteiger partial charge < -0.3 is 5.11 Å². The Labute approximate surface area is 109 Å². The molecule has 0 atom stereocenters. The summed E-state index contributed by atoms with van der Waals surface area (Å²) in [5, 5.41) is 20.0. The summed E-state index contributed by atoms with van der Waals surface area (Å²) in [5.74, 6) is -1.34. The molecule has 98 valence electrons. The number of hydrogen-bond donors (Lipinski definition) is 2. The molecular weight excluding hydrogens is 254 g/mol. The summed E-state index contributed by atoms with van der Waals surface area (Å²) in [6.45, 7) is 4.15. The molecule has 7 heteroatoms. The van der Waals surface area contributed by atoms with Crippen LogP contribution in [0.25, 0.3) is 0 Å². The fraction of sp³-hybridized carbons (Fsp3) is 0.455. The standard InChI is InChI=1S/C11H15N3O3S/c1-3-7(4-2)10-13-14-11(18-10)12-8(15)5-6-9(16)17/h5-7H,3-4H2,1-2H3,(H,16,17)(H,12,14,15)/b6-5+. The minimum absolute atomic E-state index is 0.350. The van der Waals surface area contributed by atoms with E-state index >= 15 is 0 Å². The summed E-state index contributed by atoms with van der Waals surface area (Å²) in [7, 11) is 0. The molecule has 0 aliphatic heterocycles. The molecule has 0 aliphatic rings. The van der Waals surface area contributed by atoms with Gasteiger partial charge in [-0.2, -0.15) is 0 Å². The minimum Gasteiger partial charge on any atom is -0.478 e. The molecule has 0 bridgehead atoms. The number of aromatic nitrogens is 2. The molecule has 0 fully saturated rings. The van der Waals surface area contributed by atoms with Crippen molar-refractivity contribution in [2.24, 2.45) is 0 Å². The average molecular weight is 269 g/mol. The third-order valence-electron chi connectivity index (χ3n) is 2.38. The number of nitrogens with one attached hydrogen (secondary N) is 1. The van der Waals surface area contributed by atoms with Gasteiger partial charge in [0.25, 0.3) is 0 Å². The van der Waals surface area contributed by atoms with Crippen molar-refractivity contribution in [2.75, 3.05) is 5.32 Å². The van der Waals surface area contributed by atoms with Crippen LogP contribution in [0.3, 0.4) is 0 Å². The van der Waals surface area contributed by atoms with Crippen molar-refractivity contribution in [1.29, 1.82) is 0 Å². The number of anilines is 1.